The molecule has 1 heterocycles. The smallest absolute Gasteiger partial charge is 0.344 e. The van der Waals surface area contributed by atoms with Gasteiger partial charge in [0.2, 0.25) is 0 Å². The number of benzene rings is 2. The Balaban J connectivity index is 1.52. The Labute approximate surface area is 167 Å². The van der Waals surface area contributed by atoms with Gasteiger partial charge in [0.25, 0.3) is 5.91 Å². The Kier molecular flexibility index (Phi) is 5.97. The number of amides is 1. The summed E-state index contributed by atoms with van der Waals surface area (Å²) in [6.45, 7) is 4.81. The highest BCUT2D eigenvalue weighted by atomic mass is 16.6. The average molecular weight is 395 g/mol. The van der Waals surface area contributed by atoms with Crippen LogP contribution in [0.2, 0.25) is 0 Å². The van der Waals surface area contributed by atoms with Crippen molar-refractivity contribution in [1.82, 2.24) is 0 Å². The largest absolute Gasteiger partial charge is 0.482 e. The molecule has 1 aromatic heterocycles. The number of esters is 1. The van der Waals surface area contributed by atoms with Crippen LogP contribution in [0.5, 0.6) is 5.75 Å². The van der Waals surface area contributed by atoms with Crippen LogP contribution < -0.4 is 15.7 Å². The molecule has 2 aromatic carbocycles. The summed E-state index contributed by atoms with van der Waals surface area (Å²) in [7, 11) is 0. The third kappa shape index (κ3) is 5.22. The van der Waals surface area contributed by atoms with E-state index in [4.69, 9.17) is 13.9 Å². The Morgan fingerprint density at radius 1 is 0.966 bits per heavy atom. The molecule has 0 unspecified atom stereocenters. The Morgan fingerprint density at radius 2 is 1.76 bits per heavy atom. The molecule has 0 saturated heterocycles. The molecule has 150 valence electrons. The zero-order chi connectivity index (χ0) is 21.0. The summed E-state index contributed by atoms with van der Waals surface area (Å²) in [5.74, 6) is -0.773. The second-order valence-electron chi connectivity index (χ2n) is 6.72. The normalized spacial score (nSPS) is 10.6. The molecule has 0 aliphatic carbocycles. The zero-order valence-corrected chi connectivity index (χ0v) is 16.4. The number of rotatable bonds is 6. The number of aryl methyl sites for hydroxylation is 3. The van der Waals surface area contributed by atoms with E-state index in [1.807, 2.05) is 32.0 Å². The molecule has 0 radical (unpaired) electrons. The predicted octanol–water partition coefficient (Wildman–Crippen LogP) is 3.28. The molecular formula is C22H21NO6. The molecule has 0 spiro atoms. The Hall–Kier alpha value is -3.61. The van der Waals surface area contributed by atoms with Gasteiger partial charge in [-0.15, -0.1) is 0 Å². The van der Waals surface area contributed by atoms with Crippen molar-refractivity contribution in [2.75, 3.05) is 18.5 Å². The van der Waals surface area contributed by atoms with Gasteiger partial charge < -0.3 is 19.2 Å². The summed E-state index contributed by atoms with van der Waals surface area (Å²) >= 11 is 0. The Morgan fingerprint density at radius 3 is 2.55 bits per heavy atom. The van der Waals surface area contributed by atoms with Crippen LogP contribution in [-0.4, -0.2) is 25.1 Å². The van der Waals surface area contributed by atoms with E-state index < -0.39 is 24.1 Å². The molecule has 29 heavy (non-hydrogen) atoms. The summed E-state index contributed by atoms with van der Waals surface area (Å²) in [5.41, 5.74) is 3.30. The zero-order valence-electron chi connectivity index (χ0n) is 16.4. The van der Waals surface area contributed by atoms with E-state index in [2.05, 4.69) is 5.32 Å². The number of carbonyl (C=O) groups is 2. The maximum atomic E-state index is 12.0. The van der Waals surface area contributed by atoms with Crippen molar-refractivity contribution >= 4 is 28.5 Å². The summed E-state index contributed by atoms with van der Waals surface area (Å²) in [6, 6.07) is 12.0. The molecule has 0 aliphatic heterocycles. The molecule has 7 heteroatoms. The van der Waals surface area contributed by atoms with E-state index in [-0.39, 0.29) is 6.61 Å². The highest BCUT2D eigenvalue weighted by Gasteiger charge is 2.11. The standard InChI is InChI=1S/C22H21NO6/c1-13-4-5-14(2)18(8-13)23-20(24)11-28-22(26)12-27-16-6-7-17-15(3)9-21(25)29-19(17)10-16/h4-10H,11-12H2,1-3H3,(H,23,24). The molecule has 3 aromatic rings. The van der Waals surface area contributed by atoms with Gasteiger partial charge in [-0.25, -0.2) is 9.59 Å². The lowest BCUT2D eigenvalue weighted by Crippen LogP contribution is -2.24. The molecule has 7 nitrogen and oxygen atoms in total. The van der Waals surface area contributed by atoms with E-state index >= 15 is 0 Å². The monoisotopic (exact) mass is 395 g/mol. The first kappa shape index (κ1) is 20.1. The van der Waals surface area contributed by atoms with Crippen LogP contribution in [0.1, 0.15) is 16.7 Å². The minimum absolute atomic E-state index is 0.350. The SMILES string of the molecule is Cc1ccc(C)c(NC(=O)COC(=O)COc2ccc3c(C)cc(=O)oc3c2)c1. The molecule has 0 bridgehead atoms. The summed E-state index contributed by atoms with van der Waals surface area (Å²) in [4.78, 5) is 35.3. The maximum Gasteiger partial charge on any atom is 0.344 e. The summed E-state index contributed by atoms with van der Waals surface area (Å²) < 4.78 is 15.5. The van der Waals surface area contributed by atoms with Crippen molar-refractivity contribution in [3.63, 3.8) is 0 Å². The number of fused-ring (bicyclic) bond motifs is 1. The minimum atomic E-state index is -0.688. The average Bonchev–Trinajstić information content (AvgIpc) is 2.67. The number of nitrogens with one attached hydrogen (secondary N) is 1. The van der Waals surface area contributed by atoms with Gasteiger partial charge in [-0.05, 0) is 55.7 Å². The van der Waals surface area contributed by atoms with Crippen LogP contribution >= 0.6 is 0 Å². The lowest BCUT2D eigenvalue weighted by Gasteiger charge is -2.10. The first-order chi connectivity index (χ1) is 13.8. The number of hydrogen-bond donors (Lipinski definition) is 1. The van der Waals surface area contributed by atoms with Crippen LogP contribution in [-0.2, 0) is 14.3 Å². The molecule has 0 fully saturated rings. The predicted molar refractivity (Wildman–Crippen MR) is 108 cm³/mol. The fourth-order valence-corrected chi connectivity index (χ4v) is 2.78. The van der Waals surface area contributed by atoms with Gasteiger partial charge in [0.05, 0.1) is 0 Å². The van der Waals surface area contributed by atoms with E-state index in [1.165, 1.54) is 12.1 Å². The van der Waals surface area contributed by atoms with Crippen LogP contribution in [0.4, 0.5) is 5.69 Å². The van der Waals surface area contributed by atoms with Crippen LogP contribution in [0.3, 0.4) is 0 Å². The van der Waals surface area contributed by atoms with Crippen molar-refractivity contribution in [3.05, 3.63) is 69.6 Å². The summed E-state index contributed by atoms with van der Waals surface area (Å²) in [5, 5.41) is 3.49. The van der Waals surface area contributed by atoms with E-state index in [0.29, 0.717) is 17.0 Å². The topological polar surface area (TPSA) is 94.8 Å². The quantitative estimate of drug-likeness (QED) is 0.508. The van der Waals surface area contributed by atoms with Gasteiger partial charge >= 0.3 is 11.6 Å². The molecule has 1 amide bonds. The first-order valence-corrected chi connectivity index (χ1v) is 9.02. The number of carbonyl (C=O) groups excluding carboxylic acids is 2. The van der Waals surface area contributed by atoms with E-state index in [9.17, 15) is 14.4 Å². The molecule has 3 rings (SSSR count). The number of hydrogen-bond acceptors (Lipinski definition) is 6. The molecule has 1 N–H and O–H groups in total. The van der Waals surface area contributed by atoms with E-state index in [0.717, 1.165) is 22.1 Å². The van der Waals surface area contributed by atoms with Crippen molar-refractivity contribution in [1.29, 1.82) is 0 Å². The van der Waals surface area contributed by atoms with Gasteiger partial charge in [-0.1, -0.05) is 12.1 Å². The Bertz CT molecular complexity index is 1130. The van der Waals surface area contributed by atoms with Crippen molar-refractivity contribution in [3.8, 4) is 5.75 Å². The highest BCUT2D eigenvalue weighted by Crippen LogP contribution is 2.22. The third-order valence-electron chi connectivity index (χ3n) is 4.31. The third-order valence-corrected chi connectivity index (χ3v) is 4.31. The number of anilines is 1. The molecular weight excluding hydrogens is 374 g/mol. The minimum Gasteiger partial charge on any atom is -0.482 e. The van der Waals surface area contributed by atoms with Crippen LogP contribution in [0.25, 0.3) is 11.0 Å². The number of ether oxygens (including phenoxy) is 2. The summed E-state index contributed by atoms with van der Waals surface area (Å²) in [6.07, 6.45) is 0. The fourth-order valence-electron chi connectivity index (χ4n) is 2.78. The molecule has 0 aliphatic rings. The van der Waals surface area contributed by atoms with Crippen molar-refractivity contribution < 1.29 is 23.5 Å². The van der Waals surface area contributed by atoms with Gasteiger partial charge in [0, 0.05) is 23.2 Å². The second-order valence-corrected chi connectivity index (χ2v) is 6.72. The van der Waals surface area contributed by atoms with Crippen molar-refractivity contribution in [2.45, 2.75) is 20.8 Å². The van der Waals surface area contributed by atoms with Gasteiger partial charge in [-0.2, -0.15) is 0 Å². The molecule has 0 atom stereocenters. The van der Waals surface area contributed by atoms with Gasteiger partial charge in [0.15, 0.2) is 13.2 Å². The van der Waals surface area contributed by atoms with Gasteiger partial charge in [-0.3, -0.25) is 4.79 Å². The maximum absolute atomic E-state index is 12.0. The first-order valence-electron chi connectivity index (χ1n) is 9.02. The van der Waals surface area contributed by atoms with Crippen molar-refractivity contribution in [2.24, 2.45) is 0 Å². The lowest BCUT2D eigenvalue weighted by molar-refractivity contribution is -0.149. The van der Waals surface area contributed by atoms with Crippen LogP contribution in [0.15, 0.2) is 51.7 Å². The highest BCUT2D eigenvalue weighted by molar-refractivity contribution is 5.93. The van der Waals surface area contributed by atoms with E-state index in [1.54, 1.807) is 19.1 Å². The van der Waals surface area contributed by atoms with Crippen LogP contribution in [0, 0.1) is 20.8 Å². The lowest BCUT2D eigenvalue weighted by atomic mass is 10.1. The fraction of sp³-hybridized carbons (Fsp3) is 0.227. The molecule has 0 saturated carbocycles. The second kappa shape index (κ2) is 8.60. The van der Waals surface area contributed by atoms with Gasteiger partial charge in [0.1, 0.15) is 11.3 Å².